The van der Waals surface area contributed by atoms with E-state index in [-0.39, 0.29) is 5.92 Å². The van der Waals surface area contributed by atoms with Crippen LogP contribution in [0.2, 0.25) is 0 Å². The van der Waals surface area contributed by atoms with Gasteiger partial charge >= 0.3 is 0 Å². The summed E-state index contributed by atoms with van der Waals surface area (Å²) in [5, 5.41) is 8.67. The first-order valence-electron chi connectivity index (χ1n) is 5.40. The highest BCUT2D eigenvalue weighted by Crippen LogP contribution is 2.20. The largest absolute Gasteiger partial charge is 0.356 e. The number of aldehydes is 1. The van der Waals surface area contributed by atoms with Gasteiger partial charge in [-0.05, 0) is 25.0 Å². The van der Waals surface area contributed by atoms with Crippen LogP contribution in [0.5, 0.6) is 0 Å². The monoisotopic (exact) mass is 215 g/mol. The Morgan fingerprint density at radius 1 is 1.56 bits per heavy atom. The Kier molecular flexibility index (Phi) is 3.16. The van der Waals surface area contributed by atoms with Crippen molar-refractivity contribution in [3.8, 4) is 6.07 Å². The summed E-state index contributed by atoms with van der Waals surface area (Å²) in [6, 6.07) is 5.64. The van der Waals surface area contributed by atoms with Crippen LogP contribution >= 0.6 is 0 Å². The SMILES string of the molecule is N#Cc1ccc(N2CCCC(C=O)C2)nc1. The van der Waals surface area contributed by atoms with E-state index in [4.69, 9.17) is 5.26 Å². The van der Waals surface area contributed by atoms with Gasteiger partial charge in [-0.2, -0.15) is 5.26 Å². The zero-order valence-electron chi connectivity index (χ0n) is 8.97. The number of hydrogen-bond acceptors (Lipinski definition) is 4. The van der Waals surface area contributed by atoms with Gasteiger partial charge in [0.05, 0.1) is 5.56 Å². The smallest absolute Gasteiger partial charge is 0.128 e. The molecular formula is C12H13N3O. The minimum Gasteiger partial charge on any atom is -0.356 e. The van der Waals surface area contributed by atoms with Crippen LogP contribution in [-0.4, -0.2) is 24.4 Å². The van der Waals surface area contributed by atoms with Crippen LogP contribution in [0.1, 0.15) is 18.4 Å². The number of carbonyl (C=O) groups excluding carboxylic acids is 1. The number of pyridine rings is 1. The maximum atomic E-state index is 10.7. The number of piperidine rings is 1. The van der Waals surface area contributed by atoms with Crippen molar-refractivity contribution in [3.05, 3.63) is 23.9 Å². The highest BCUT2D eigenvalue weighted by atomic mass is 16.1. The van der Waals surface area contributed by atoms with Crippen LogP contribution in [0.4, 0.5) is 5.82 Å². The Bertz CT molecular complexity index is 407. The number of nitrogens with zero attached hydrogens (tertiary/aromatic N) is 3. The second kappa shape index (κ2) is 4.75. The molecule has 1 saturated heterocycles. The fourth-order valence-corrected chi connectivity index (χ4v) is 1.97. The van der Waals surface area contributed by atoms with Crippen molar-refractivity contribution in [3.63, 3.8) is 0 Å². The molecule has 0 N–H and O–H groups in total. The molecule has 82 valence electrons. The van der Waals surface area contributed by atoms with Gasteiger partial charge in [0.25, 0.3) is 0 Å². The Balaban J connectivity index is 2.11. The summed E-state index contributed by atoms with van der Waals surface area (Å²) < 4.78 is 0. The van der Waals surface area contributed by atoms with Crippen molar-refractivity contribution in [1.29, 1.82) is 5.26 Å². The standard InChI is InChI=1S/C12H13N3O/c13-6-10-3-4-12(14-7-10)15-5-1-2-11(8-15)9-16/h3-4,7,9,11H,1-2,5,8H2. The lowest BCUT2D eigenvalue weighted by Crippen LogP contribution is -2.36. The molecule has 0 aromatic carbocycles. The molecule has 16 heavy (non-hydrogen) atoms. The second-order valence-corrected chi connectivity index (χ2v) is 4.00. The van der Waals surface area contributed by atoms with E-state index in [1.807, 2.05) is 12.1 Å². The van der Waals surface area contributed by atoms with Crippen molar-refractivity contribution >= 4 is 12.1 Å². The topological polar surface area (TPSA) is 57.0 Å². The lowest BCUT2D eigenvalue weighted by molar-refractivity contribution is -0.111. The third-order valence-electron chi connectivity index (χ3n) is 2.85. The zero-order valence-corrected chi connectivity index (χ0v) is 8.97. The van der Waals surface area contributed by atoms with Crippen molar-refractivity contribution < 1.29 is 4.79 Å². The summed E-state index contributed by atoms with van der Waals surface area (Å²) in [6.45, 7) is 1.67. The summed E-state index contributed by atoms with van der Waals surface area (Å²) in [5.41, 5.74) is 0.563. The van der Waals surface area contributed by atoms with Gasteiger partial charge in [-0.15, -0.1) is 0 Å². The molecule has 1 aromatic rings. The summed E-state index contributed by atoms with van der Waals surface area (Å²) >= 11 is 0. The van der Waals surface area contributed by atoms with Crippen LogP contribution in [0, 0.1) is 17.2 Å². The Labute approximate surface area is 94.5 Å². The van der Waals surface area contributed by atoms with Gasteiger partial charge in [0.15, 0.2) is 0 Å². The van der Waals surface area contributed by atoms with E-state index in [1.165, 1.54) is 0 Å². The Hall–Kier alpha value is -1.89. The number of rotatable bonds is 2. The normalized spacial score (nSPS) is 20.2. The van der Waals surface area contributed by atoms with E-state index in [9.17, 15) is 4.79 Å². The Morgan fingerprint density at radius 3 is 3.06 bits per heavy atom. The molecule has 1 aliphatic heterocycles. The molecule has 1 aromatic heterocycles. The summed E-state index contributed by atoms with van der Waals surface area (Å²) in [7, 11) is 0. The molecule has 2 heterocycles. The quantitative estimate of drug-likeness (QED) is 0.699. The van der Waals surface area contributed by atoms with Crippen LogP contribution in [-0.2, 0) is 4.79 Å². The van der Waals surface area contributed by atoms with Gasteiger partial charge in [-0.3, -0.25) is 0 Å². The molecule has 1 unspecified atom stereocenters. The van der Waals surface area contributed by atoms with Gasteiger partial charge < -0.3 is 9.69 Å². The average Bonchev–Trinajstić information content (AvgIpc) is 2.39. The first kappa shape index (κ1) is 10.6. The number of nitriles is 1. The molecule has 0 bridgehead atoms. The predicted molar refractivity (Wildman–Crippen MR) is 60.0 cm³/mol. The molecule has 0 aliphatic carbocycles. The van der Waals surface area contributed by atoms with E-state index < -0.39 is 0 Å². The highest BCUT2D eigenvalue weighted by Gasteiger charge is 2.19. The number of aromatic nitrogens is 1. The number of hydrogen-bond donors (Lipinski definition) is 0. The molecule has 0 saturated carbocycles. The molecule has 1 fully saturated rings. The summed E-state index contributed by atoms with van der Waals surface area (Å²) in [4.78, 5) is 17.1. The lowest BCUT2D eigenvalue weighted by Gasteiger charge is -2.31. The van der Waals surface area contributed by atoms with Crippen LogP contribution in [0.15, 0.2) is 18.3 Å². The third kappa shape index (κ3) is 2.19. The molecule has 2 rings (SSSR count). The molecule has 0 amide bonds. The van der Waals surface area contributed by atoms with Crippen molar-refractivity contribution in [2.45, 2.75) is 12.8 Å². The minimum absolute atomic E-state index is 0.117. The highest BCUT2D eigenvalue weighted by molar-refractivity contribution is 5.56. The van der Waals surface area contributed by atoms with Crippen LogP contribution < -0.4 is 4.90 Å². The van der Waals surface area contributed by atoms with Crippen molar-refractivity contribution in [1.82, 2.24) is 4.98 Å². The predicted octanol–water partition coefficient (Wildman–Crippen LogP) is 1.37. The van der Waals surface area contributed by atoms with E-state index in [0.29, 0.717) is 5.56 Å². The van der Waals surface area contributed by atoms with E-state index in [0.717, 1.165) is 38.0 Å². The molecule has 0 radical (unpaired) electrons. The van der Waals surface area contributed by atoms with Gasteiger partial charge in [0.2, 0.25) is 0 Å². The summed E-state index contributed by atoms with van der Waals surface area (Å²) in [5.74, 6) is 0.969. The fraction of sp³-hybridized carbons (Fsp3) is 0.417. The first-order chi connectivity index (χ1) is 7.83. The molecule has 4 heteroatoms. The van der Waals surface area contributed by atoms with Crippen molar-refractivity contribution in [2.24, 2.45) is 5.92 Å². The number of anilines is 1. The third-order valence-corrected chi connectivity index (χ3v) is 2.85. The van der Waals surface area contributed by atoms with Crippen LogP contribution in [0.3, 0.4) is 0 Å². The first-order valence-corrected chi connectivity index (χ1v) is 5.40. The fourth-order valence-electron chi connectivity index (χ4n) is 1.97. The van der Waals surface area contributed by atoms with Gasteiger partial charge in [0.1, 0.15) is 18.2 Å². The number of carbonyl (C=O) groups is 1. The maximum absolute atomic E-state index is 10.7. The van der Waals surface area contributed by atoms with E-state index >= 15 is 0 Å². The second-order valence-electron chi connectivity index (χ2n) is 4.00. The molecular weight excluding hydrogens is 202 g/mol. The Morgan fingerprint density at radius 2 is 2.44 bits per heavy atom. The molecule has 0 spiro atoms. The van der Waals surface area contributed by atoms with Gasteiger partial charge in [0, 0.05) is 25.2 Å². The zero-order chi connectivity index (χ0) is 11.4. The average molecular weight is 215 g/mol. The van der Waals surface area contributed by atoms with Crippen LogP contribution in [0.25, 0.3) is 0 Å². The molecule has 1 aliphatic rings. The maximum Gasteiger partial charge on any atom is 0.128 e. The minimum atomic E-state index is 0.117. The lowest BCUT2D eigenvalue weighted by atomic mass is 10.00. The van der Waals surface area contributed by atoms with Gasteiger partial charge in [-0.25, -0.2) is 4.98 Å². The molecule has 1 atom stereocenters. The van der Waals surface area contributed by atoms with E-state index in [1.54, 1.807) is 12.3 Å². The molecule has 4 nitrogen and oxygen atoms in total. The van der Waals surface area contributed by atoms with E-state index in [2.05, 4.69) is 9.88 Å². The van der Waals surface area contributed by atoms with Crippen molar-refractivity contribution in [2.75, 3.05) is 18.0 Å². The van der Waals surface area contributed by atoms with Gasteiger partial charge in [-0.1, -0.05) is 0 Å². The summed E-state index contributed by atoms with van der Waals surface area (Å²) in [6.07, 6.45) is 4.58.